The van der Waals surface area contributed by atoms with E-state index >= 15 is 0 Å². The minimum absolute atomic E-state index is 0.156. The molecule has 1 aliphatic carbocycles. The van der Waals surface area contributed by atoms with Crippen molar-refractivity contribution in [3.63, 3.8) is 0 Å². The van der Waals surface area contributed by atoms with Crippen molar-refractivity contribution in [2.75, 3.05) is 19.0 Å². The van der Waals surface area contributed by atoms with Gasteiger partial charge in [0.25, 0.3) is 0 Å². The second-order valence-electron chi connectivity index (χ2n) is 5.47. The lowest BCUT2D eigenvalue weighted by Crippen LogP contribution is -2.30. The van der Waals surface area contributed by atoms with Crippen LogP contribution < -0.4 is 5.32 Å². The number of hydrogen-bond acceptors (Lipinski definition) is 4. The zero-order chi connectivity index (χ0) is 14.4. The van der Waals surface area contributed by atoms with E-state index < -0.39 is 5.60 Å². The molecule has 2 N–H and O–H groups in total. The van der Waals surface area contributed by atoms with Crippen LogP contribution in [0.1, 0.15) is 38.5 Å². The number of nitrogens with one attached hydrogen (secondary N) is 1. The van der Waals surface area contributed by atoms with Crippen LogP contribution in [0.3, 0.4) is 0 Å². The number of hydrogen-bond donors (Lipinski definition) is 2. The van der Waals surface area contributed by atoms with Crippen LogP contribution in [0.15, 0.2) is 12.3 Å². The molecule has 6 nitrogen and oxygen atoms in total. The van der Waals surface area contributed by atoms with Crippen LogP contribution in [0.2, 0.25) is 0 Å². The molecule has 0 aliphatic heterocycles. The Hall–Kier alpha value is -1.40. The highest BCUT2D eigenvalue weighted by atomic mass is 16.5. The molecule has 0 bridgehead atoms. The summed E-state index contributed by atoms with van der Waals surface area (Å²) >= 11 is 0. The lowest BCUT2D eigenvalue weighted by atomic mass is 9.98. The second-order valence-corrected chi connectivity index (χ2v) is 5.47. The molecule has 0 aromatic carbocycles. The maximum Gasteiger partial charge on any atom is 0.228 e. The van der Waals surface area contributed by atoms with Gasteiger partial charge in [-0.25, -0.2) is 0 Å². The number of methoxy groups -OCH3 is 1. The van der Waals surface area contributed by atoms with Crippen molar-refractivity contribution in [3.8, 4) is 0 Å². The van der Waals surface area contributed by atoms with Crippen molar-refractivity contribution in [3.05, 3.63) is 12.3 Å². The fourth-order valence-corrected chi connectivity index (χ4v) is 2.62. The highest BCUT2D eigenvalue weighted by Crippen LogP contribution is 2.32. The molecule has 0 unspecified atom stereocenters. The van der Waals surface area contributed by atoms with E-state index in [1.807, 2.05) is 6.20 Å². The van der Waals surface area contributed by atoms with Crippen molar-refractivity contribution < 1.29 is 14.6 Å². The van der Waals surface area contributed by atoms with Gasteiger partial charge < -0.3 is 15.2 Å². The van der Waals surface area contributed by atoms with Crippen LogP contribution >= 0.6 is 0 Å². The van der Waals surface area contributed by atoms with Crippen LogP contribution in [-0.4, -0.2) is 40.1 Å². The van der Waals surface area contributed by atoms with Gasteiger partial charge in [0, 0.05) is 32.5 Å². The van der Waals surface area contributed by atoms with Crippen LogP contribution in [0.4, 0.5) is 5.82 Å². The molecule has 1 fully saturated rings. The summed E-state index contributed by atoms with van der Waals surface area (Å²) < 4.78 is 6.76. The molecule has 0 spiro atoms. The normalized spacial score (nSPS) is 17.3. The third-order valence-electron chi connectivity index (χ3n) is 3.67. The Labute approximate surface area is 119 Å². The standard InChI is InChI=1S/C14H23N3O3/c1-20-10-4-8-17-9-5-12(16-17)15-13(18)11-14(19)6-2-3-7-14/h5,9,19H,2-4,6-8,10-11H2,1H3,(H,15,16,18). The molecule has 0 atom stereocenters. The van der Waals surface area contributed by atoms with Crippen molar-refractivity contribution >= 4 is 11.7 Å². The van der Waals surface area contributed by atoms with E-state index in [-0.39, 0.29) is 12.3 Å². The number of rotatable bonds is 7. The number of carbonyl (C=O) groups excluding carboxylic acids is 1. The van der Waals surface area contributed by atoms with E-state index in [9.17, 15) is 9.90 Å². The number of aromatic nitrogens is 2. The van der Waals surface area contributed by atoms with Gasteiger partial charge in [0.15, 0.2) is 5.82 Å². The van der Waals surface area contributed by atoms with E-state index in [0.29, 0.717) is 25.3 Å². The Balaban J connectivity index is 1.79. The minimum Gasteiger partial charge on any atom is -0.389 e. The molecular formula is C14H23N3O3. The number of carbonyl (C=O) groups is 1. The Morgan fingerprint density at radius 3 is 3.00 bits per heavy atom. The Morgan fingerprint density at radius 1 is 1.55 bits per heavy atom. The van der Waals surface area contributed by atoms with Gasteiger partial charge in [-0.15, -0.1) is 0 Å². The number of anilines is 1. The molecule has 2 rings (SSSR count). The maximum atomic E-state index is 11.9. The van der Waals surface area contributed by atoms with Crippen molar-refractivity contribution in [2.45, 2.75) is 50.7 Å². The molecule has 0 saturated heterocycles. The number of amides is 1. The molecule has 1 aliphatic rings. The van der Waals surface area contributed by atoms with Crippen LogP contribution in [-0.2, 0) is 16.1 Å². The molecule has 112 valence electrons. The summed E-state index contributed by atoms with van der Waals surface area (Å²) in [6, 6.07) is 1.77. The van der Waals surface area contributed by atoms with Crippen molar-refractivity contribution in [2.24, 2.45) is 0 Å². The zero-order valence-corrected chi connectivity index (χ0v) is 12.0. The summed E-state index contributed by atoms with van der Waals surface area (Å²) in [5, 5.41) is 17.2. The first-order valence-corrected chi connectivity index (χ1v) is 7.16. The Morgan fingerprint density at radius 2 is 2.30 bits per heavy atom. The van der Waals surface area contributed by atoms with Gasteiger partial charge in [0.1, 0.15) is 0 Å². The quantitative estimate of drug-likeness (QED) is 0.744. The molecule has 1 aromatic heterocycles. The number of aliphatic hydroxyl groups is 1. The topological polar surface area (TPSA) is 76.4 Å². The van der Waals surface area contributed by atoms with Crippen molar-refractivity contribution in [1.82, 2.24) is 9.78 Å². The monoisotopic (exact) mass is 281 g/mol. The van der Waals surface area contributed by atoms with E-state index in [0.717, 1.165) is 25.8 Å². The van der Waals surface area contributed by atoms with E-state index in [1.165, 1.54) is 0 Å². The summed E-state index contributed by atoms with van der Waals surface area (Å²) in [6.07, 6.45) is 6.29. The van der Waals surface area contributed by atoms with Crippen molar-refractivity contribution in [1.29, 1.82) is 0 Å². The highest BCUT2D eigenvalue weighted by molar-refractivity contribution is 5.90. The summed E-state index contributed by atoms with van der Waals surface area (Å²) in [6.45, 7) is 1.45. The molecule has 0 radical (unpaired) electrons. The number of nitrogens with zero attached hydrogens (tertiary/aromatic N) is 2. The summed E-state index contributed by atoms with van der Waals surface area (Å²) in [5.41, 5.74) is -0.814. The van der Waals surface area contributed by atoms with Crippen LogP contribution in [0, 0.1) is 0 Å². The van der Waals surface area contributed by atoms with Crippen LogP contribution in [0.25, 0.3) is 0 Å². The maximum absolute atomic E-state index is 11.9. The Bertz CT molecular complexity index is 439. The third-order valence-corrected chi connectivity index (χ3v) is 3.67. The highest BCUT2D eigenvalue weighted by Gasteiger charge is 2.33. The zero-order valence-electron chi connectivity index (χ0n) is 12.0. The SMILES string of the molecule is COCCCn1ccc(NC(=O)CC2(O)CCCC2)n1. The largest absolute Gasteiger partial charge is 0.389 e. The smallest absolute Gasteiger partial charge is 0.228 e. The number of aryl methyl sites for hydroxylation is 1. The lowest BCUT2D eigenvalue weighted by Gasteiger charge is -2.20. The summed E-state index contributed by atoms with van der Waals surface area (Å²) in [5.74, 6) is 0.366. The first-order chi connectivity index (χ1) is 9.61. The molecule has 6 heteroatoms. The molecular weight excluding hydrogens is 258 g/mol. The van der Waals surface area contributed by atoms with Gasteiger partial charge in [0.2, 0.25) is 5.91 Å². The predicted octanol–water partition coefficient (Wildman–Crippen LogP) is 1.55. The van der Waals surface area contributed by atoms with E-state index in [4.69, 9.17) is 4.74 Å². The average molecular weight is 281 g/mol. The summed E-state index contributed by atoms with van der Waals surface area (Å²) in [4.78, 5) is 11.9. The molecule has 1 saturated carbocycles. The predicted molar refractivity (Wildman–Crippen MR) is 75.4 cm³/mol. The van der Waals surface area contributed by atoms with E-state index in [2.05, 4.69) is 10.4 Å². The van der Waals surface area contributed by atoms with E-state index in [1.54, 1.807) is 17.9 Å². The second kappa shape index (κ2) is 6.85. The molecule has 20 heavy (non-hydrogen) atoms. The summed E-state index contributed by atoms with van der Waals surface area (Å²) in [7, 11) is 1.67. The molecule has 1 amide bonds. The molecule has 1 aromatic rings. The first-order valence-electron chi connectivity index (χ1n) is 7.16. The van der Waals surface area contributed by atoms with Gasteiger partial charge in [-0.3, -0.25) is 9.48 Å². The first kappa shape index (κ1) is 15.0. The third kappa shape index (κ3) is 4.31. The molecule has 1 heterocycles. The Kier molecular flexibility index (Phi) is 5.14. The van der Waals surface area contributed by atoms with Gasteiger partial charge in [-0.1, -0.05) is 12.8 Å². The van der Waals surface area contributed by atoms with Crippen LogP contribution in [0.5, 0.6) is 0 Å². The minimum atomic E-state index is -0.814. The lowest BCUT2D eigenvalue weighted by molar-refractivity contribution is -0.120. The van der Waals surface area contributed by atoms with Gasteiger partial charge in [-0.05, 0) is 19.3 Å². The van der Waals surface area contributed by atoms with Gasteiger partial charge >= 0.3 is 0 Å². The van der Waals surface area contributed by atoms with Gasteiger partial charge in [0.05, 0.1) is 12.0 Å². The average Bonchev–Trinajstić information content (AvgIpc) is 2.99. The number of ether oxygens (including phenoxy) is 1. The fourth-order valence-electron chi connectivity index (χ4n) is 2.62. The van der Waals surface area contributed by atoms with Gasteiger partial charge in [-0.2, -0.15) is 5.10 Å². The fraction of sp³-hybridized carbons (Fsp3) is 0.714.